The number of alkyl carbamates (subject to hydrolysis) is 1. The van der Waals surface area contributed by atoms with Crippen molar-refractivity contribution in [2.24, 2.45) is 11.8 Å². The fourth-order valence-electron chi connectivity index (χ4n) is 4.11. The van der Waals surface area contributed by atoms with E-state index in [4.69, 9.17) is 14.6 Å². The number of carbonyl (C=O) groups excluding carboxylic acids is 2. The predicted octanol–water partition coefficient (Wildman–Crippen LogP) is 2.38. The van der Waals surface area contributed by atoms with E-state index >= 15 is 0 Å². The van der Waals surface area contributed by atoms with Gasteiger partial charge in [0.05, 0.1) is 12.5 Å². The molecule has 8 nitrogen and oxygen atoms in total. The Bertz CT molecular complexity index is 962. The topological polar surface area (TPSA) is 114 Å². The van der Waals surface area contributed by atoms with Crippen LogP contribution in [0.1, 0.15) is 23.5 Å². The quantitative estimate of drug-likeness (QED) is 0.491. The number of fused-ring (bicyclic) bond motifs is 3. The molecule has 168 valence electrons. The van der Waals surface area contributed by atoms with Crippen molar-refractivity contribution in [2.75, 3.05) is 32.9 Å². The summed E-state index contributed by atoms with van der Waals surface area (Å²) in [5, 5.41) is 14.1. The molecule has 3 N–H and O–H groups in total. The second-order valence-corrected chi connectivity index (χ2v) is 8.05. The van der Waals surface area contributed by atoms with Gasteiger partial charge < -0.3 is 25.2 Å². The molecule has 8 heteroatoms. The van der Waals surface area contributed by atoms with E-state index in [1.807, 2.05) is 24.3 Å². The number of hydrogen-bond acceptors (Lipinski definition) is 5. The van der Waals surface area contributed by atoms with Crippen molar-refractivity contribution < 1.29 is 29.0 Å². The van der Waals surface area contributed by atoms with Gasteiger partial charge in [-0.05, 0) is 34.6 Å². The maximum Gasteiger partial charge on any atom is 0.407 e. The third kappa shape index (κ3) is 5.08. The van der Waals surface area contributed by atoms with Crippen LogP contribution >= 0.6 is 0 Å². The molecule has 1 fully saturated rings. The minimum atomic E-state index is -0.820. The van der Waals surface area contributed by atoms with Crippen molar-refractivity contribution in [1.29, 1.82) is 0 Å². The van der Waals surface area contributed by atoms with Crippen LogP contribution in [0.25, 0.3) is 11.1 Å². The highest BCUT2D eigenvalue weighted by molar-refractivity contribution is 5.79. The first-order valence-corrected chi connectivity index (χ1v) is 10.7. The zero-order valence-electron chi connectivity index (χ0n) is 17.6. The van der Waals surface area contributed by atoms with E-state index in [9.17, 15) is 14.4 Å². The highest BCUT2D eigenvalue weighted by atomic mass is 16.5. The number of amides is 2. The largest absolute Gasteiger partial charge is 0.481 e. The molecule has 1 saturated carbocycles. The summed E-state index contributed by atoms with van der Waals surface area (Å²) in [5.74, 6) is -1.47. The average Bonchev–Trinajstić information content (AvgIpc) is 3.52. The van der Waals surface area contributed by atoms with Crippen LogP contribution in [0.15, 0.2) is 48.5 Å². The molecule has 2 aliphatic rings. The number of nitrogens with one attached hydrogen (secondary N) is 2. The lowest BCUT2D eigenvalue weighted by atomic mass is 9.98. The second kappa shape index (κ2) is 9.82. The fraction of sp³-hybridized carbons (Fsp3) is 0.375. The van der Waals surface area contributed by atoms with E-state index in [0.29, 0.717) is 13.0 Å². The minimum absolute atomic E-state index is 0.000267. The van der Waals surface area contributed by atoms with Crippen LogP contribution < -0.4 is 10.6 Å². The smallest absolute Gasteiger partial charge is 0.407 e. The van der Waals surface area contributed by atoms with Crippen molar-refractivity contribution in [1.82, 2.24) is 10.6 Å². The molecule has 2 unspecified atom stereocenters. The van der Waals surface area contributed by atoms with E-state index in [-0.39, 0.29) is 50.0 Å². The first-order chi connectivity index (χ1) is 15.5. The van der Waals surface area contributed by atoms with Gasteiger partial charge in [0.25, 0.3) is 0 Å². The zero-order valence-corrected chi connectivity index (χ0v) is 17.6. The van der Waals surface area contributed by atoms with E-state index in [0.717, 1.165) is 11.1 Å². The van der Waals surface area contributed by atoms with Crippen LogP contribution in [-0.4, -0.2) is 56.0 Å². The van der Waals surface area contributed by atoms with Crippen LogP contribution in [0.2, 0.25) is 0 Å². The number of rotatable bonds is 10. The maximum absolute atomic E-state index is 12.1. The lowest BCUT2D eigenvalue weighted by Gasteiger charge is -2.14. The summed E-state index contributed by atoms with van der Waals surface area (Å²) in [4.78, 5) is 34.5. The molecule has 32 heavy (non-hydrogen) atoms. The number of aliphatic carboxylic acids is 1. The number of benzene rings is 2. The van der Waals surface area contributed by atoms with E-state index < -0.39 is 12.1 Å². The average molecular weight is 438 g/mol. The molecule has 2 aromatic carbocycles. The summed E-state index contributed by atoms with van der Waals surface area (Å²) < 4.78 is 10.7. The van der Waals surface area contributed by atoms with E-state index in [1.165, 1.54) is 11.1 Å². The van der Waals surface area contributed by atoms with Gasteiger partial charge in [0.1, 0.15) is 13.2 Å². The second-order valence-electron chi connectivity index (χ2n) is 8.05. The van der Waals surface area contributed by atoms with E-state index in [2.05, 4.69) is 34.9 Å². The highest BCUT2D eigenvalue weighted by Gasteiger charge is 2.42. The number of carbonyl (C=O) groups is 3. The molecule has 2 aromatic rings. The summed E-state index contributed by atoms with van der Waals surface area (Å²) in [6, 6.07) is 16.3. The van der Waals surface area contributed by atoms with Gasteiger partial charge >= 0.3 is 12.1 Å². The molecule has 0 heterocycles. The summed E-state index contributed by atoms with van der Waals surface area (Å²) in [6.45, 7) is 0.822. The Labute approximate surface area is 185 Å². The van der Waals surface area contributed by atoms with Crippen LogP contribution in [0.4, 0.5) is 4.79 Å². The molecule has 2 aliphatic carbocycles. The van der Waals surface area contributed by atoms with Gasteiger partial charge in [-0.15, -0.1) is 0 Å². The Morgan fingerprint density at radius 2 is 1.62 bits per heavy atom. The van der Waals surface area contributed by atoms with Gasteiger partial charge in [-0.25, -0.2) is 4.79 Å². The van der Waals surface area contributed by atoms with Gasteiger partial charge in [-0.2, -0.15) is 0 Å². The summed E-state index contributed by atoms with van der Waals surface area (Å²) in [5.41, 5.74) is 4.64. The molecule has 2 atom stereocenters. The van der Waals surface area contributed by atoms with Crippen LogP contribution in [0.5, 0.6) is 0 Å². The molecule has 0 spiro atoms. The van der Waals surface area contributed by atoms with Gasteiger partial charge in [0.15, 0.2) is 0 Å². The fourth-order valence-corrected chi connectivity index (χ4v) is 4.11. The van der Waals surface area contributed by atoms with Crippen molar-refractivity contribution in [3.05, 3.63) is 59.7 Å². The van der Waals surface area contributed by atoms with Crippen LogP contribution in [0.3, 0.4) is 0 Å². The Morgan fingerprint density at radius 1 is 0.969 bits per heavy atom. The van der Waals surface area contributed by atoms with Crippen molar-refractivity contribution in [3.63, 3.8) is 0 Å². The van der Waals surface area contributed by atoms with Gasteiger partial charge in [0, 0.05) is 19.0 Å². The van der Waals surface area contributed by atoms with Crippen LogP contribution in [0, 0.1) is 11.8 Å². The maximum atomic E-state index is 12.1. The van der Waals surface area contributed by atoms with E-state index in [1.54, 1.807) is 0 Å². The Hall–Kier alpha value is -3.39. The normalized spacial score (nSPS) is 18.4. The molecular formula is C24H26N2O6. The number of carboxylic acids is 1. The highest BCUT2D eigenvalue weighted by Crippen LogP contribution is 2.44. The molecule has 0 saturated heterocycles. The third-order valence-electron chi connectivity index (χ3n) is 5.89. The van der Waals surface area contributed by atoms with Crippen molar-refractivity contribution in [2.45, 2.75) is 12.3 Å². The lowest BCUT2D eigenvalue weighted by molar-refractivity contribution is -0.139. The summed E-state index contributed by atoms with van der Waals surface area (Å²) in [6.07, 6.45) is 0.0638. The van der Waals surface area contributed by atoms with Crippen molar-refractivity contribution >= 4 is 18.0 Å². The summed E-state index contributed by atoms with van der Waals surface area (Å²) in [7, 11) is 0. The number of ether oxygens (including phenoxy) is 2. The zero-order chi connectivity index (χ0) is 22.5. The predicted molar refractivity (Wildman–Crippen MR) is 116 cm³/mol. The molecule has 4 rings (SSSR count). The van der Waals surface area contributed by atoms with Gasteiger partial charge in [0.2, 0.25) is 5.91 Å². The van der Waals surface area contributed by atoms with Crippen molar-refractivity contribution in [3.8, 4) is 11.1 Å². The first kappa shape index (κ1) is 21.8. The number of carboxylic acid groups (broad SMARTS) is 1. The molecular weight excluding hydrogens is 412 g/mol. The molecule has 0 radical (unpaired) electrons. The lowest BCUT2D eigenvalue weighted by Crippen LogP contribution is -2.32. The standard InChI is InChI=1S/C24H26N2O6/c27-22(26-12-15-11-20(15)23(28)29)14-31-10-9-25-24(30)32-13-21-18-7-3-1-5-16(18)17-6-2-4-8-19(17)21/h1-8,15,20-21H,9-14H2,(H,25,30)(H,26,27)(H,28,29). The van der Waals surface area contributed by atoms with Gasteiger partial charge in [-0.3, -0.25) is 9.59 Å². The summed E-state index contributed by atoms with van der Waals surface area (Å²) >= 11 is 0. The molecule has 2 amide bonds. The SMILES string of the molecule is O=C(COCCNC(=O)OCC1c2ccccc2-c2ccccc21)NCC1CC1C(=O)O. The van der Waals surface area contributed by atoms with Gasteiger partial charge in [-0.1, -0.05) is 48.5 Å². The Balaban J connectivity index is 1.12. The molecule has 0 aliphatic heterocycles. The Morgan fingerprint density at radius 3 is 2.25 bits per heavy atom. The monoisotopic (exact) mass is 438 g/mol. The minimum Gasteiger partial charge on any atom is -0.481 e. The van der Waals surface area contributed by atoms with Crippen LogP contribution in [-0.2, 0) is 19.1 Å². The number of hydrogen-bond donors (Lipinski definition) is 3. The first-order valence-electron chi connectivity index (χ1n) is 10.7. The molecule has 0 bridgehead atoms. The Kier molecular flexibility index (Phi) is 6.70. The molecule has 0 aromatic heterocycles. The third-order valence-corrected chi connectivity index (χ3v) is 5.89.